The molecule has 4 heterocycles. The maximum atomic E-state index is 12.3. The summed E-state index contributed by atoms with van der Waals surface area (Å²) >= 11 is 0. The average molecular weight is 384 g/mol. The van der Waals surface area contributed by atoms with E-state index < -0.39 is 6.10 Å². The molecule has 2 aromatic rings. The molecule has 0 radical (unpaired) electrons. The highest BCUT2D eigenvalue weighted by Crippen LogP contribution is 2.33. The number of aromatic nitrogens is 4. The van der Waals surface area contributed by atoms with E-state index in [0.717, 1.165) is 49.6 Å². The molecule has 1 fully saturated rings. The van der Waals surface area contributed by atoms with E-state index in [1.165, 1.54) is 0 Å². The highest BCUT2D eigenvalue weighted by molar-refractivity contribution is 5.96. The fourth-order valence-electron chi connectivity index (χ4n) is 4.11. The number of amides is 1. The molecule has 2 aromatic heterocycles. The van der Waals surface area contributed by atoms with Crippen LogP contribution >= 0.6 is 0 Å². The summed E-state index contributed by atoms with van der Waals surface area (Å²) in [6.45, 7) is 6.31. The molecule has 1 saturated heterocycles. The number of piperidine rings is 1. The Morgan fingerprint density at radius 2 is 2.00 bits per heavy atom. The third kappa shape index (κ3) is 3.37. The zero-order chi connectivity index (χ0) is 19.8. The Labute approximate surface area is 165 Å². The van der Waals surface area contributed by atoms with Crippen molar-refractivity contribution in [3.8, 4) is 0 Å². The lowest BCUT2D eigenvalue weighted by Gasteiger charge is -2.36. The summed E-state index contributed by atoms with van der Waals surface area (Å²) in [5, 5.41) is 13.6. The normalized spacial score (nSPS) is 18.9. The Kier molecular flexibility index (Phi) is 5.05. The number of fused-ring (bicyclic) bond motifs is 1. The number of carbonyl (C=O) groups excluding carboxylic acids is 1. The van der Waals surface area contributed by atoms with E-state index in [9.17, 15) is 9.90 Å². The molecule has 8 nitrogen and oxygen atoms in total. The SMILES string of the molecule is CC(C)c1nc2c(c(N3CCC(C(O)c4nccn4C)CC3)n1)CCNC2=O. The largest absolute Gasteiger partial charge is 0.385 e. The first-order valence-corrected chi connectivity index (χ1v) is 10.0. The van der Waals surface area contributed by atoms with E-state index in [0.29, 0.717) is 18.1 Å². The van der Waals surface area contributed by atoms with Crippen LogP contribution in [0.2, 0.25) is 0 Å². The van der Waals surface area contributed by atoms with E-state index in [-0.39, 0.29) is 17.7 Å². The van der Waals surface area contributed by atoms with Gasteiger partial charge in [-0.2, -0.15) is 0 Å². The number of imidazole rings is 1. The lowest BCUT2D eigenvalue weighted by Crippen LogP contribution is -2.40. The second kappa shape index (κ2) is 7.50. The van der Waals surface area contributed by atoms with Gasteiger partial charge in [-0.25, -0.2) is 15.0 Å². The molecule has 2 aliphatic heterocycles. The quantitative estimate of drug-likeness (QED) is 0.831. The van der Waals surface area contributed by atoms with Gasteiger partial charge in [-0.15, -0.1) is 0 Å². The van der Waals surface area contributed by atoms with Gasteiger partial charge in [0, 0.05) is 50.6 Å². The van der Waals surface area contributed by atoms with Crippen LogP contribution < -0.4 is 10.2 Å². The van der Waals surface area contributed by atoms with Crippen molar-refractivity contribution >= 4 is 11.7 Å². The van der Waals surface area contributed by atoms with Crippen molar-refractivity contribution in [1.82, 2.24) is 24.8 Å². The minimum atomic E-state index is -0.557. The summed E-state index contributed by atoms with van der Waals surface area (Å²) < 4.78 is 1.88. The van der Waals surface area contributed by atoms with E-state index in [1.807, 2.05) is 31.7 Å². The summed E-state index contributed by atoms with van der Waals surface area (Å²) in [6, 6.07) is 0. The summed E-state index contributed by atoms with van der Waals surface area (Å²) in [5.41, 5.74) is 1.48. The van der Waals surface area contributed by atoms with Crippen molar-refractivity contribution in [2.24, 2.45) is 13.0 Å². The molecule has 1 atom stereocenters. The number of aliphatic hydroxyl groups excluding tert-OH is 1. The maximum absolute atomic E-state index is 12.3. The molecule has 150 valence electrons. The predicted octanol–water partition coefficient (Wildman–Crippen LogP) is 1.57. The average Bonchev–Trinajstić information content (AvgIpc) is 3.13. The monoisotopic (exact) mass is 384 g/mol. The molecule has 0 aromatic carbocycles. The van der Waals surface area contributed by atoms with Crippen molar-refractivity contribution in [2.75, 3.05) is 24.5 Å². The molecule has 0 bridgehead atoms. The Hall–Kier alpha value is -2.48. The van der Waals surface area contributed by atoms with E-state index >= 15 is 0 Å². The number of aliphatic hydroxyl groups is 1. The first-order chi connectivity index (χ1) is 13.5. The lowest BCUT2D eigenvalue weighted by atomic mass is 9.90. The highest BCUT2D eigenvalue weighted by Gasteiger charge is 2.32. The van der Waals surface area contributed by atoms with Crippen LogP contribution in [-0.2, 0) is 13.5 Å². The molecule has 4 rings (SSSR count). The lowest BCUT2D eigenvalue weighted by molar-refractivity contribution is 0.0824. The fourth-order valence-corrected chi connectivity index (χ4v) is 4.11. The minimum Gasteiger partial charge on any atom is -0.385 e. The Bertz CT molecular complexity index is 870. The fraction of sp³-hybridized carbons (Fsp3) is 0.600. The molecular formula is C20H28N6O2. The van der Waals surface area contributed by atoms with Crippen LogP contribution in [0.25, 0.3) is 0 Å². The van der Waals surface area contributed by atoms with Crippen LogP contribution in [-0.4, -0.2) is 50.2 Å². The first kappa shape index (κ1) is 18.9. The second-order valence-electron chi connectivity index (χ2n) is 8.06. The number of nitrogens with one attached hydrogen (secondary N) is 1. The van der Waals surface area contributed by atoms with Gasteiger partial charge in [-0.3, -0.25) is 4.79 Å². The van der Waals surface area contributed by atoms with E-state index in [4.69, 9.17) is 4.98 Å². The number of hydrogen-bond acceptors (Lipinski definition) is 6. The maximum Gasteiger partial charge on any atom is 0.270 e. The molecule has 2 N–H and O–H groups in total. The molecule has 1 unspecified atom stereocenters. The van der Waals surface area contributed by atoms with Gasteiger partial charge in [-0.05, 0) is 25.2 Å². The van der Waals surface area contributed by atoms with Gasteiger partial charge in [0.25, 0.3) is 5.91 Å². The third-order valence-electron chi connectivity index (χ3n) is 5.80. The summed E-state index contributed by atoms with van der Waals surface area (Å²) in [5.74, 6) is 2.54. The van der Waals surface area contributed by atoms with Crippen molar-refractivity contribution in [3.05, 3.63) is 35.3 Å². The Balaban J connectivity index is 1.56. The Morgan fingerprint density at radius 1 is 1.25 bits per heavy atom. The smallest absolute Gasteiger partial charge is 0.270 e. The highest BCUT2D eigenvalue weighted by atomic mass is 16.3. The van der Waals surface area contributed by atoms with Gasteiger partial charge in [0.05, 0.1) is 0 Å². The topological polar surface area (TPSA) is 96.2 Å². The molecular weight excluding hydrogens is 356 g/mol. The number of nitrogens with zero attached hydrogens (tertiary/aromatic N) is 5. The van der Waals surface area contributed by atoms with Gasteiger partial charge in [0.15, 0.2) is 0 Å². The summed E-state index contributed by atoms with van der Waals surface area (Å²) in [4.78, 5) is 28.3. The molecule has 2 aliphatic rings. The van der Waals surface area contributed by atoms with Gasteiger partial charge < -0.3 is 19.9 Å². The van der Waals surface area contributed by atoms with Crippen molar-refractivity contribution in [1.29, 1.82) is 0 Å². The van der Waals surface area contributed by atoms with Crippen LogP contribution in [0.5, 0.6) is 0 Å². The van der Waals surface area contributed by atoms with Gasteiger partial charge in [-0.1, -0.05) is 13.8 Å². The zero-order valence-electron chi connectivity index (χ0n) is 16.7. The molecule has 28 heavy (non-hydrogen) atoms. The summed E-state index contributed by atoms with van der Waals surface area (Å²) in [7, 11) is 1.91. The van der Waals surface area contributed by atoms with Crippen LogP contribution in [0.4, 0.5) is 5.82 Å². The van der Waals surface area contributed by atoms with Crippen molar-refractivity contribution in [3.63, 3.8) is 0 Å². The van der Waals surface area contributed by atoms with Crippen LogP contribution in [0.3, 0.4) is 0 Å². The number of carbonyl (C=O) groups is 1. The van der Waals surface area contributed by atoms with Crippen molar-refractivity contribution < 1.29 is 9.90 Å². The molecule has 1 amide bonds. The zero-order valence-corrected chi connectivity index (χ0v) is 16.7. The summed E-state index contributed by atoms with van der Waals surface area (Å²) in [6.07, 6.45) is 5.49. The van der Waals surface area contributed by atoms with Gasteiger partial charge in [0.1, 0.15) is 29.3 Å². The number of rotatable bonds is 4. The minimum absolute atomic E-state index is 0.105. The molecule has 0 saturated carbocycles. The Morgan fingerprint density at radius 3 is 2.64 bits per heavy atom. The van der Waals surface area contributed by atoms with E-state index in [1.54, 1.807) is 6.20 Å². The molecule has 0 spiro atoms. The predicted molar refractivity (Wildman–Crippen MR) is 105 cm³/mol. The molecule has 0 aliphatic carbocycles. The van der Waals surface area contributed by atoms with Crippen molar-refractivity contribution in [2.45, 2.75) is 45.1 Å². The first-order valence-electron chi connectivity index (χ1n) is 10.0. The van der Waals surface area contributed by atoms with Crippen LogP contribution in [0, 0.1) is 5.92 Å². The van der Waals surface area contributed by atoms with Gasteiger partial charge >= 0.3 is 0 Å². The van der Waals surface area contributed by atoms with Crippen LogP contribution in [0.1, 0.15) is 66.4 Å². The van der Waals surface area contributed by atoms with Gasteiger partial charge in [0.2, 0.25) is 0 Å². The van der Waals surface area contributed by atoms with E-state index in [2.05, 4.69) is 20.2 Å². The standard InChI is InChI=1S/C20H28N6O2/c1-12(2)17-23-15-14(4-7-22-20(15)28)18(24-17)26-9-5-13(6-10-26)16(27)19-21-8-11-25(19)3/h8,11-13,16,27H,4-7,9-10H2,1-3H3,(H,22,28). The number of hydrogen-bond donors (Lipinski definition) is 2. The molecule has 8 heteroatoms. The number of anilines is 1. The third-order valence-corrected chi connectivity index (χ3v) is 5.80. The van der Waals surface area contributed by atoms with Crippen LogP contribution in [0.15, 0.2) is 12.4 Å². The number of aryl methyl sites for hydroxylation is 1. The second-order valence-corrected chi connectivity index (χ2v) is 8.06.